The smallest absolute Gasteiger partial charge is 0.230 e. The molecule has 1 saturated carbocycles. The fourth-order valence-electron chi connectivity index (χ4n) is 4.95. The van der Waals surface area contributed by atoms with Crippen LogP contribution in [0, 0.1) is 5.92 Å². The number of aryl methyl sites for hydroxylation is 1. The van der Waals surface area contributed by atoms with Crippen LogP contribution in [0.5, 0.6) is 5.75 Å². The van der Waals surface area contributed by atoms with Gasteiger partial charge in [-0.05, 0) is 56.5 Å². The number of fused-ring (bicyclic) bond motifs is 1. The number of para-hydroxylation sites is 2. The van der Waals surface area contributed by atoms with Crippen molar-refractivity contribution < 1.29 is 9.53 Å². The van der Waals surface area contributed by atoms with Crippen LogP contribution in [-0.2, 0) is 11.2 Å². The monoisotopic (exact) mass is 440 g/mol. The maximum Gasteiger partial charge on any atom is 0.230 e. The molecule has 5 heteroatoms. The molecule has 1 unspecified atom stereocenters. The largest absolute Gasteiger partial charge is 0.491 e. The van der Waals surface area contributed by atoms with Crippen LogP contribution in [0.1, 0.15) is 44.1 Å². The number of likely N-dealkylation sites (N-methyl/N-ethyl adjacent to an activating group) is 1. The van der Waals surface area contributed by atoms with Crippen molar-refractivity contribution in [3.8, 4) is 5.75 Å². The minimum atomic E-state index is 0.177. The molecule has 31 heavy (non-hydrogen) atoms. The normalized spacial score (nSPS) is 19.3. The van der Waals surface area contributed by atoms with E-state index in [9.17, 15) is 4.79 Å². The highest BCUT2D eigenvalue weighted by Crippen LogP contribution is 2.35. The van der Waals surface area contributed by atoms with Crippen LogP contribution in [0.15, 0.2) is 48.5 Å². The first-order valence-electron chi connectivity index (χ1n) is 11.6. The van der Waals surface area contributed by atoms with Crippen LogP contribution < -0.4 is 9.64 Å². The van der Waals surface area contributed by atoms with Crippen LogP contribution in [0.25, 0.3) is 0 Å². The molecule has 1 aliphatic heterocycles. The number of carbonyl (C=O) groups excluding carboxylic acids is 1. The molecule has 4 nitrogen and oxygen atoms in total. The summed E-state index contributed by atoms with van der Waals surface area (Å²) in [5.74, 6) is 1.23. The topological polar surface area (TPSA) is 32.8 Å². The van der Waals surface area contributed by atoms with Crippen molar-refractivity contribution in [3.63, 3.8) is 0 Å². The van der Waals surface area contributed by atoms with E-state index < -0.39 is 0 Å². The Kier molecular flexibility index (Phi) is 7.52. The fourth-order valence-corrected chi connectivity index (χ4v) is 5.14. The van der Waals surface area contributed by atoms with Gasteiger partial charge in [-0.2, -0.15) is 0 Å². The van der Waals surface area contributed by atoms with E-state index in [2.05, 4.69) is 41.1 Å². The first kappa shape index (κ1) is 22.2. The van der Waals surface area contributed by atoms with Crippen molar-refractivity contribution >= 4 is 23.2 Å². The van der Waals surface area contributed by atoms with Crippen molar-refractivity contribution in [1.82, 2.24) is 4.90 Å². The summed E-state index contributed by atoms with van der Waals surface area (Å²) in [6.07, 6.45) is 7.71. The third-order valence-corrected chi connectivity index (χ3v) is 6.96. The van der Waals surface area contributed by atoms with Gasteiger partial charge >= 0.3 is 0 Å². The highest BCUT2D eigenvalue weighted by molar-refractivity contribution is 6.32. The molecule has 0 bridgehead atoms. The summed E-state index contributed by atoms with van der Waals surface area (Å²) in [5.41, 5.74) is 2.42. The van der Waals surface area contributed by atoms with Crippen LogP contribution in [-0.4, -0.2) is 43.6 Å². The molecule has 2 aromatic carbocycles. The number of ether oxygens (including phenoxy) is 1. The third-order valence-electron chi connectivity index (χ3n) is 6.64. The summed E-state index contributed by atoms with van der Waals surface area (Å²) in [5, 5.41) is 0.637. The Hall–Kier alpha value is -2.04. The Balaban J connectivity index is 1.41. The van der Waals surface area contributed by atoms with E-state index >= 15 is 0 Å². The second kappa shape index (κ2) is 10.5. The standard InChI is InChI=1S/C26H33ClN2O2/c1-28(17-18-31-25-14-8-6-12-23(25)27)19-22-16-15-20-9-5-7-13-24(20)29(22)26(30)21-10-3-2-4-11-21/h5-9,12-14,21-22H,2-4,10-11,15-19H2,1H3. The van der Waals surface area contributed by atoms with Crippen molar-refractivity contribution in [2.45, 2.75) is 51.0 Å². The number of hydrogen-bond acceptors (Lipinski definition) is 3. The van der Waals surface area contributed by atoms with Gasteiger partial charge in [0.2, 0.25) is 5.91 Å². The molecule has 1 aliphatic carbocycles. The van der Waals surface area contributed by atoms with E-state index in [1.54, 1.807) is 0 Å². The number of halogens is 1. The van der Waals surface area contributed by atoms with Gasteiger partial charge in [0, 0.05) is 30.7 Å². The molecule has 166 valence electrons. The maximum atomic E-state index is 13.6. The van der Waals surface area contributed by atoms with Gasteiger partial charge < -0.3 is 14.5 Å². The second-order valence-electron chi connectivity index (χ2n) is 8.91. The van der Waals surface area contributed by atoms with E-state index in [1.807, 2.05) is 24.3 Å². The number of benzene rings is 2. The quantitative estimate of drug-likeness (QED) is 0.563. The molecule has 0 saturated heterocycles. The summed E-state index contributed by atoms with van der Waals surface area (Å²) in [4.78, 5) is 18.0. The first-order valence-corrected chi connectivity index (χ1v) is 12.0. The van der Waals surface area contributed by atoms with E-state index in [0.29, 0.717) is 17.5 Å². The molecular weight excluding hydrogens is 408 g/mol. The van der Waals surface area contributed by atoms with Gasteiger partial charge in [-0.25, -0.2) is 0 Å². The average Bonchev–Trinajstić information content (AvgIpc) is 2.80. The minimum Gasteiger partial charge on any atom is -0.491 e. The summed E-state index contributed by atoms with van der Waals surface area (Å²) < 4.78 is 5.87. The lowest BCUT2D eigenvalue weighted by Gasteiger charge is -2.41. The summed E-state index contributed by atoms with van der Waals surface area (Å²) >= 11 is 6.19. The Bertz CT molecular complexity index is 881. The number of hydrogen-bond donors (Lipinski definition) is 0. The van der Waals surface area contributed by atoms with Crippen LogP contribution in [0.2, 0.25) is 5.02 Å². The lowest BCUT2D eigenvalue weighted by atomic mass is 9.86. The molecule has 1 fully saturated rings. The predicted molar refractivity (Wildman–Crippen MR) is 127 cm³/mol. The lowest BCUT2D eigenvalue weighted by Crippen LogP contribution is -2.51. The highest BCUT2D eigenvalue weighted by Gasteiger charge is 2.35. The molecule has 1 atom stereocenters. The zero-order valence-corrected chi connectivity index (χ0v) is 19.2. The van der Waals surface area contributed by atoms with Crippen molar-refractivity contribution in [2.24, 2.45) is 5.92 Å². The average molecular weight is 441 g/mol. The molecule has 0 N–H and O–H groups in total. The molecule has 2 aliphatic rings. The van der Waals surface area contributed by atoms with Gasteiger partial charge in [-0.15, -0.1) is 0 Å². The van der Waals surface area contributed by atoms with Gasteiger partial charge in [-0.1, -0.05) is 61.2 Å². The maximum absolute atomic E-state index is 13.6. The minimum absolute atomic E-state index is 0.177. The number of anilines is 1. The third kappa shape index (κ3) is 5.42. The number of carbonyl (C=O) groups is 1. The van der Waals surface area contributed by atoms with Gasteiger partial charge in [-0.3, -0.25) is 4.79 Å². The molecule has 0 radical (unpaired) electrons. The number of rotatable bonds is 7. The lowest BCUT2D eigenvalue weighted by molar-refractivity contribution is -0.124. The molecule has 0 spiro atoms. The van der Waals surface area contributed by atoms with E-state index in [-0.39, 0.29) is 12.0 Å². The fraction of sp³-hybridized carbons (Fsp3) is 0.500. The molecule has 2 aromatic rings. The zero-order chi connectivity index (χ0) is 21.6. The zero-order valence-electron chi connectivity index (χ0n) is 18.4. The number of nitrogens with zero attached hydrogens (tertiary/aromatic N) is 2. The predicted octanol–water partition coefficient (Wildman–Crippen LogP) is 5.58. The Labute approximate surface area is 191 Å². The molecule has 1 amide bonds. The molecule has 0 aromatic heterocycles. The molecule has 4 rings (SSSR count). The van der Waals surface area contributed by atoms with Crippen molar-refractivity contribution in [2.75, 3.05) is 31.6 Å². The van der Waals surface area contributed by atoms with Crippen molar-refractivity contribution in [1.29, 1.82) is 0 Å². The Morgan fingerprint density at radius 3 is 2.61 bits per heavy atom. The summed E-state index contributed by atoms with van der Waals surface area (Å²) in [7, 11) is 2.11. The first-order chi connectivity index (χ1) is 15.1. The van der Waals surface area contributed by atoms with E-state index in [1.165, 1.54) is 24.8 Å². The second-order valence-corrected chi connectivity index (χ2v) is 9.31. The molecular formula is C26H33ClN2O2. The van der Waals surface area contributed by atoms with E-state index in [0.717, 1.165) is 50.2 Å². The Morgan fingerprint density at radius 2 is 1.81 bits per heavy atom. The van der Waals surface area contributed by atoms with E-state index in [4.69, 9.17) is 16.3 Å². The van der Waals surface area contributed by atoms with Gasteiger partial charge in [0.05, 0.1) is 5.02 Å². The van der Waals surface area contributed by atoms with Gasteiger partial charge in [0.25, 0.3) is 0 Å². The van der Waals surface area contributed by atoms with Crippen LogP contribution in [0.3, 0.4) is 0 Å². The SMILES string of the molecule is CN(CCOc1ccccc1Cl)CC1CCc2ccccc2N1C(=O)C1CCCCC1. The van der Waals surface area contributed by atoms with Crippen molar-refractivity contribution in [3.05, 3.63) is 59.1 Å². The van der Waals surface area contributed by atoms with Gasteiger partial charge in [0.15, 0.2) is 0 Å². The summed E-state index contributed by atoms with van der Waals surface area (Å²) in [6.45, 7) is 2.20. The van der Waals surface area contributed by atoms with Crippen LogP contribution in [0.4, 0.5) is 5.69 Å². The summed E-state index contributed by atoms with van der Waals surface area (Å²) in [6, 6.07) is 16.2. The number of amides is 1. The van der Waals surface area contributed by atoms with Crippen LogP contribution >= 0.6 is 11.6 Å². The van der Waals surface area contributed by atoms with Gasteiger partial charge in [0.1, 0.15) is 12.4 Å². The molecule has 1 heterocycles. The Morgan fingerprint density at radius 1 is 1.06 bits per heavy atom. The highest BCUT2D eigenvalue weighted by atomic mass is 35.5.